The van der Waals surface area contributed by atoms with Crippen LogP contribution in [0.5, 0.6) is 5.88 Å². The van der Waals surface area contributed by atoms with Crippen molar-refractivity contribution in [2.45, 2.75) is 6.54 Å². The van der Waals surface area contributed by atoms with Gasteiger partial charge in [0.05, 0.1) is 22.5 Å². The molecule has 0 aliphatic heterocycles. The third-order valence-electron chi connectivity index (χ3n) is 4.00. The molecule has 4 rings (SSSR count). The number of pyridine rings is 1. The van der Waals surface area contributed by atoms with Gasteiger partial charge in [0.2, 0.25) is 0 Å². The van der Waals surface area contributed by atoms with Crippen molar-refractivity contribution < 1.29 is 18.5 Å². The summed E-state index contributed by atoms with van der Waals surface area (Å²) in [6, 6.07) is 7.76. The molecular weight excluding hydrogens is 360 g/mol. The largest absolute Gasteiger partial charge is 0.842 e. The van der Waals surface area contributed by atoms with Gasteiger partial charge < -0.3 is 5.11 Å². The summed E-state index contributed by atoms with van der Waals surface area (Å²) in [5.41, 5.74) is 0.797. The van der Waals surface area contributed by atoms with E-state index in [1.165, 1.54) is 26.5 Å². The molecule has 0 N–H and O–H groups in total. The third kappa shape index (κ3) is 2.64. The summed E-state index contributed by atoms with van der Waals surface area (Å²) in [5, 5.41) is 13.0. The van der Waals surface area contributed by atoms with E-state index in [1.807, 2.05) is 0 Å². The summed E-state index contributed by atoms with van der Waals surface area (Å²) >= 11 is 1.36. The minimum atomic E-state index is -0.959. The fourth-order valence-electron chi connectivity index (χ4n) is 2.83. The number of hydrogen-bond donors (Lipinski definition) is 0. The van der Waals surface area contributed by atoms with Crippen molar-refractivity contribution in [1.82, 2.24) is 9.38 Å². The molecule has 0 atom stereocenters. The summed E-state index contributed by atoms with van der Waals surface area (Å²) in [6.45, 7) is 0.188. The normalized spacial score (nSPS) is 11.2. The molecule has 0 saturated carbocycles. The van der Waals surface area contributed by atoms with Gasteiger partial charge in [0.1, 0.15) is 23.7 Å². The first kappa shape index (κ1) is 16.3. The van der Waals surface area contributed by atoms with Crippen LogP contribution in [0.15, 0.2) is 59.1 Å². The van der Waals surface area contributed by atoms with Crippen molar-refractivity contribution in [1.29, 1.82) is 0 Å². The van der Waals surface area contributed by atoms with Crippen LogP contribution < -0.4 is 15.2 Å². The molecule has 26 heavy (non-hydrogen) atoms. The maximum absolute atomic E-state index is 14.3. The van der Waals surface area contributed by atoms with Crippen molar-refractivity contribution in [3.63, 3.8) is 0 Å². The van der Waals surface area contributed by atoms with Gasteiger partial charge >= 0.3 is 5.56 Å². The predicted molar refractivity (Wildman–Crippen MR) is 89.9 cm³/mol. The third-order valence-corrected chi connectivity index (χ3v) is 4.77. The molecule has 0 saturated heterocycles. The van der Waals surface area contributed by atoms with Gasteiger partial charge in [-0.15, -0.1) is 11.3 Å². The molecule has 130 valence electrons. The number of rotatable bonds is 3. The topological polar surface area (TPSA) is 61.3 Å². The van der Waals surface area contributed by atoms with Crippen LogP contribution in [0.3, 0.4) is 0 Å². The lowest BCUT2D eigenvalue weighted by Crippen LogP contribution is -2.44. The highest BCUT2D eigenvalue weighted by atomic mass is 32.1. The second-order valence-corrected chi connectivity index (χ2v) is 6.56. The van der Waals surface area contributed by atoms with E-state index in [-0.39, 0.29) is 17.7 Å². The Kier molecular flexibility index (Phi) is 3.96. The molecule has 5 nitrogen and oxygen atoms in total. The lowest BCUT2D eigenvalue weighted by Gasteiger charge is -2.16. The zero-order valence-corrected chi connectivity index (χ0v) is 14.0. The molecule has 3 heterocycles. The number of halogens is 2. The monoisotopic (exact) mass is 371 g/mol. The average molecular weight is 371 g/mol. The van der Waals surface area contributed by atoms with Gasteiger partial charge in [0.25, 0.3) is 5.65 Å². The summed E-state index contributed by atoms with van der Waals surface area (Å²) in [4.78, 5) is 17.6. The molecule has 0 radical (unpaired) electrons. The van der Waals surface area contributed by atoms with Gasteiger partial charge in [0.15, 0.2) is 0 Å². The Morgan fingerprint density at radius 2 is 2.08 bits per heavy atom. The molecular formula is C18H11F2N3O2S. The van der Waals surface area contributed by atoms with Gasteiger partial charge in [0, 0.05) is 23.9 Å². The SMILES string of the molecule is O=c1c(-c2ccc(F)cc2F)c([O-])[n+](Cc2cncs2)c2ccccn12. The Balaban J connectivity index is 2.06. The second kappa shape index (κ2) is 6.30. The number of thiazole rings is 1. The van der Waals surface area contributed by atoms with E-state index in [4.69, 9.17) is 0 Å². The average Bonchev–Trinajstić information content (AvgIpc) is 3.14. The van der Waals surface area contributed by atoms with Crippen LogP contribution in [-0.4, -0.2) is 9.38 Å². The van der Waals surface area contributed by atoms with E-state index in [0.717, 1.165) is 17.0 Å². The molecule has 0 unspecified atom stereocenters. The van der Waals surface area contributed by atoms with Crippen LogP contribution in [-0.2, 0) is 6.54 Å². The van der Waals surface area contributed by atoms with E-state index in [1.54, 1.807) is 29.9 Å². The van der Waals surface area contributed by atoms with E-state index >= 15 is 0 Å². The van der Waals surface area contributed by atoms with Crippen molar-refractivity contribution in [2.75, 3.05) is 0 Å². The van der Waals surface area contributed by atoms with Gasteiger partial charge in [-0.3, -0.25) is 4.98 Å². The maximum atomic E-state index is 14.3. The van der Waals surface area contributed by atoms with E-state index in [0.29, 0.717) is 11.7 Å². The Labute approximate surface area is 150 Å². The van der Waals surface area contributed by atoms with Crippen LogP contribution in [0.1, 0.15) is 4.88 Å². The Hall–Kier alpha value is -3.13. The van der Waals surface area contributed by atoms with Crippen LogP contribution in [0.4, 0.5) is 8.78 Å². The number of hydrogen-bond acceptors (Lipinski definition) is 4. The van der Waals surface area contributed by atoms with Crippen molar-refractivity contribution in [3.05, 3.63) is 81.2 Å². The summed E-state index contributed by atoms with van der Waals surface area (Å²) < 4.78 is 30.2. The minimum absolute atomic E-state index is 0.188. The molecule has 3 aromatic heterocycles. The summed E-state index contributed by atoms with van der Waals surface area (Å²) in [5.74, 6) is -2.38. The number of benzene rings is 1. The van der Waals surface area contributed by atoms with Crippen LogP contribution in [0.2, 0.25) is 0 Å². The number of fused-ring (bicyclic) bond motifs is 1. The van der Waals surface area contributed by atoms with Gasteiger partial charge in [-0.1, -0.05) is 6.07 Å². The molecule has 0 aliphatic carbocycles. The Morgan fingerprint density at radius 1 is 1.23 bits per heavy atom. The zero-order valence-electron chi connectivity index (χ0n) is 13.2. The molecule has 1 aromatic carbocycles. The van der Waals surface area contributed by atoms with Crippen LogP contribution in [0.25, 0.3) is 16.8 Å². The highest BCUT2D eigenvalue weighted by Crippen LogP contribution is 2.25. The molecule has 4 aromatic rings. The van der Waals surface area contributed by atoms with E-state index in [9.17, 15) is 18.7 Å². The smallest absolute Gasteiger partial charge is 0.349 e. The van der Waals surface area contributed by atoms with Gasteiger partial charge in [-0.05, 0) is 18.2 Å². The maximum Gasteiger partial charge on any atom is 0.349 e. The van der Waals surface area contributed by atoms with Crippen molar-refractivity contribution >= 4 is 17.0 Å². The van der Waals surface area contributed by atoms with E-state index in [2.05, 4.69) is 4.98 Å². The standard InChI is InChI=1S/C18H11F2N3O2S/c19-11-4-5-13(14(20)7-11)16-17(24)22-6-2-1-3-15(22)23(18(16)25)9-12-8-21-10-26-12/h1-8,10H,9H2. The Morgan fingerprint density at radius 3 is 2.81 bits per heavy atom. The first-order valence-corrected chi connectivity index (χ1v) is 8.51. The highest BCUT2D eigenvalue weighted by molar-refractivity contribution is 7.09. The predicted octanol–water partition coefficient (Wildman–Crippen LogP) is 2.11. The fourth-order valence-corrected chi connectivity index (χ4v) is 3.41. The van der Waals surface area contributed by atoms with Crippen LogP contribution in [0, 0.1) is 11.6 Å². The van der Waals surface area contributed by atoms with Gasteiger partial charge in [-0.25, -0.2) is 18.1 Å². The second-order valence-electron chi connectivity index (χ2n) is 5.59. The summed E-state index contributed by atoms with van der Waals surface area (Å²) in [6.07, 6.45) is 3.13. The van der Waals surface area contributed by atoms with Crippen molar-refractivity contribution in [3.8, 4) is 17.0 Å². The zero-order chi connectivity index (χ0) is 18.3. The molecule has 0 amide bonds. The van der Waals surface area contributed by atoms with Crippen molar-refractivity contribution in [2.24, 2.45) is 0 Å². The number of aromatic nitrogens is 3. The summed E-state index contributed by atoms with van der Waals surface area (Å²) in [7, 11) is 0. The molecule has 0 bridgehead atoms. The Bertz CT molecular complexity index is 1170. The molecule has 0 fully saturated rings. The fraction of sp³-hybridized carbons (Fsp3) is 0.0556. The number of nitrogens with zero attached hydrogens (tertiary/aromatic N) is 3. The van der Waals surface area contributed by atoms with E-state index < -0.39 is 23.1 Å². The quantitative estimate of drug-likeness (QED) is 0.518. The molecule has 0 spiro atoms. The minimum Gasteiger partial charge on any atom is -0.842 e. The lowest BCUT2D eigenvalue weighted by atomic mass is 10.1. The first-order valence-electron chi connectivity index (χ1n) is 7.63. The molecule has 0 aliphatic rings. The first-order chi connectivity index (χ1) is 12.6. The highest BCUT2D eigenvalue weighted by Gasteiger charge is 2.22. The van der Waals surface area contributed by atoms with Crippen LogP contribution >= 0.6 is 11.3 Å². The lowest BCUT2D eigenvalue weighted by molar-refractivity contribution is -0.707. The molecule has 8 heteroatoms. The van der Waals surface area contributed by atoms with Gasteiger partial charge in [-0.2, -0.15) is 4.40 Å².